The van der Waals surface area contributed by atoms with Gasteiger partial charge in [-0.05, 0) is 19.8 Å². The third-order valence-corrected chi connectivity index (χ3v) is 4.51. The molecule has 0 unspecified atom stereocenters. The van der Waals surface area contributed by atoms with Gasteiger partial charge in [-0.3, -0.25) is 0 Å². The van der Waals surface area contributed by atoms with Crippen molar-refractivity contribution in [3.05, 3.63) is 40.9 Å². The van der Waals surface area contributed by atoms with E-state index in [0.717, 1.165) is 29.8 Å². The van der Waals surface area contributed by atoms with E-state index in [4.69, 9.17) is 0 Å². The van der Waals surface area contributed by atoms with Crippen molar-refractivity contribution in [3.8, 4) is 10.6 Å². The minimum Gasteiger partial charge on any atom is -0.357 e. The van der Waals surface area contributed by atoms with Crippen LogP contribution in [-0.4, -0.2) is 24.0 Å². The summed E-state index contributed by atoms with van der Waals surface area (Å²) < 4.78 is 0. The first-order valence-electron chi connectivity index (χ1n) is 8.14. The largest absolute Gasteiger partial charge is 0.357 e. The zero-order valence-electron chi connectivity index (χ0n) is 14.4. The van der Waals surface area contributed by atoms with E-state index in [9.17, 15) is 0 Å². The molecule has 0 bridgehead atoms. The van der Waals surface area contributed by atoms with Crippen LogP contribution in [0.15, 0.2) is 35.3 Å². The summed E-state index contributed by atoms with van der Waals surface area (Å²) >= 11 is 1.72. The average molecular weight is 331 g/mol. The molecule has 23 heavy (non-hydrogen) atoms. The number of thiazole rings is 1. The molecule has 0 aliphatic rings. The molecule has 0 aliphatic heterocycles. The van der Waals surface area contributed by atoms with Gasteiger partial charge < -0.3 is 10.6 Å². The summed E-state index contributed by atoms with van der Waals surface area (Å²) in [7, 11) is 0. The quantitative estimate of drug-likeness (QED) is 0.625. The Balaban J connectivity index is 2.09. The molecule has 0 aliphatic carbocycles. The molecule has 1 heterocycles. The molecular formula is C18H26N4S. The van der Waals surface area contributed by atoms with Crippen molar-refractivity contribution < 1.29 is 0 Å². The van der Waals surface area contributed by atoms with E-state index < -0.39 is 0 Å². The lowest BCUT2D eigenvalue weighted by Gasteiger charge is -2.12. The fraction of sp³-hybridized carbons (Fsp3) is 0.444. The first-order chi connectivity index (χ1) is 11.1. The number of nitrogens with zero attached hydrogens (tertiary/aromatic N) is 2. The molecule has 2 N–H and O–H groups in total. The van der Waals surface area contributed by atoms with E-state index in [2.05, 4.69) is 60.4 Å². The van der Waals surface area contributed by atoms with Crippen LogP contribution in [0.3, 0.4) is 0 Å². The van der Waals surface area contributed by atoms with Crippen molar-refractivity contribution in [3.63, 3.8) is 0 Å². The third-order valence-electron chi connectivity index (χ3n) is 3.32. The molecule has 1 aromatic carbocycles. The van der Waals surface area contributed by atoms with E-state index in [1.54, 1.807) is 11.3 Å². The van der Waals surface area contributed by atoms with Gasteiger partial charge in [-0.2, -0.15) is 0 Å². The number of aryl methyl sites for hydroxylation is 1. The molecule has 0 radical (unpaired) electrons. The summed E-state index contributed by atoms with van der Waals surface area (Å²) in [6, 6.07) is 10.3. The second-order valence-corrected chi connectivity index (χ2v) is 6.95. The maximum absolute atomic E-state index is 4.69. The Hall–Kier alpha value is -1.88. The number of benzene rings is 1. The van der Waals surface area contributed by atoms with Crippen molar-refractivity contribution in [2.75, 3.05) is 13.1 Å². The minimum absolute atomic E-state index is 0.591. The van der Waals surface area contributed by atoms with Crippen molar-refractivity contribution in [2.45, 2.75) is 34.2 Å². The predicted molar refractivity (Wildman–Crippen MR) is 99.9 cm³/mol. The second-order valence-electron chi connectivity index (χ2n) is 5.86. The average Bonchev–Trinajstić information content (AvgIpc) is 2.92. The van der Waals surface area contributed by atoms with Crippen molar-refractivity contribution in [2.24, 2.45) is 10.9 Å². The van der Waals surface area contributed by atoms with Crippen LogP contribution < -0.4 is 10.6 Å². The van der Waals surface area contributed by atoms with Gasteiger partial charge in [0.25, 0.3) is 0 Å². The molecule has 0 amide bonds. The van der Waals surface area contributed by atoms with Crippen LogP contribution in [-0.2, 0) is 6.54 Å². The first kappa shape index (κ1) is 17.5. The standard InChI is InChI=1S/C18H26N4S/c1-5-19-18(20-11-13(2)3)21-12-16-14(4)22-17(23-16)15-9-7-6-8-10-15/h6-10,13H,5,11-12H2,1-4H3,(H2,19,20,21). The Bertz CT molecular complexity index is 632. The summed E-state index contributed by atoms with van der Waals surface area (Å²) in [5.41, 5.74) is 2.23. The minimum atomic E-state index is 0.591. The zero-order valence-corrected chi connectivity index (χ0v) is 15.2. The molecule has 2 aromatic rings. The van der Waals surface area contributed by atoms with E-state index in [-0.39, 0.29) is 0 Å². The fourth-order valence-electron chi connectivity index (χ4n) is 2.07. The van der Waals surface area contributed by atoms with Gasteiger partial charge >= 0.3 is 0 Å². The maximum Gasteiger partial charge on any atom is 0.191 e. The number of hydrogen-bond donors (Lipinski definition) is 2. The van der Waals surface area contributed by atoms with Crippen LogP contribution in [0, 0.1) is 12.8 Å². The molecule has 5 heteroatoms. The fourth-order valence-corrected chi connectivity index (χ4v) is 3.06. The van der Waals surface area contributed by atoms with E-state index in [1.807, 2.05) is 18.2 Å². The normalized spacial score (nSPS) is 11.8. The second kappa shape index (κ2) is 8.67. The van der Waals surface area contributed by atoms with E-state index >= 15 is 0 Å². The number of guanidine groups is 1. The van der Waals surface area contributed by atoms with Crippen LogP contribution in [0.4, 0.5) is 0 Å². The number of rotatable bonds is 6. The lowest BCUT2D eigenvalue weighted by atomic mass is 10.2. The molecule has 1 aromatic heterocycles. The van der Waals surface area contributed by atoms with Gasteiger partial charge in [0.05, 0.1) is 12.2 Å². The lowest BCUT2D eigenvalue weighted by Crippen LogP contribution is -2.39. The van der Waals surface area contributed by atoms with Gasteiger partial charge in [0.2, 0.25) is 0 Å². The number of hydrogen-bond acceptors (Lipinski definition) is 3. The van der Waals surface area contributed by atoms with Gasteiger partial charge in [0.15, 0.2) is 5.96 Å². The first-order valence-corrected chi connectivity index (χ1v) is 8.95. The predicted octanol–water partition coefficient (Wildman–Crippen LogP) is 3.83. The van der Waals surface area contributed by atoms with Gasteiger partial charge in [-0.15, -0.1) is 11.3 Å². The molecule has 0 fully saturated rings. The molecule has 4 nitrogen and oxygen atoms in total. The highest BCUT2D eigenvalue weighted by Crippen LogP contribution is 2.28. The Morgan fingerprint density at radius 2 is 1.96 bits per heavy atom. The summed E-state index contributed by atoms with van der Waals surface area (Å²) in [5, 5.41) is 7.72. The van der Waals surface area contributed by atoms with Crippen LogP contribution >= 0.6 is 11.3 Å². The Morgan fingerprint density at radius 1 is 1.22 bits per heavy atom. The molecule has 2 rings (SSSR count). The Kier molecular flexibility index (Phi) is 6.59. The highest BCUT2D eigenvalue weighted by atomic mass is 32.1. The monoisotopic (exact) mass is 330 g/mol. The van der Waals surface area contributed by atoms with Gasteiger partial charge in [-0.25, -0.2) is 9.98 Å². The van der Waals surface area contributed by atoms with Crippen LogP contribution in [0.2, 0.25) is 0 Å². The molecule has 0 atom stereocenters. The van der Waals surface area contributed by atoms with Crippen LogP contribution in [0.5, 0.6) is 0 Å². The molecule has 0 saturated heterocycles. The van der Waals surface area contributed by atoms with Crippen molar-refractivity contribution in [1.29, 1.82) is 0 Å². The Morgan fingerprint density at radius 3 is 2.61 bits per heavy atom. The highest BCUT2D eigenvalue weighted by Gasteiger charge is 2.09. The van der Waals surface area contributed by atoms with Crippen LogP contribution in [0.25, 0.3) is 10.6 Å². The van der Waals surface area contributed by atoms with Gasteiger partial charge in [-0.1, -0.05) is 44.2 Å². The number of nitrogens with one attached hydrogen (secondary N) is 2. The molecular weight excluding hydrogens is 304 g/mol. The van der Waals surface area contributed by atoms with Crippen molar-refractivity contribution in [1.82, 2.24) is 15.6 Å². The molecule has 0 saturated carbocycles. The van der Waals surface area contributed by atoms with Crippen LogP contribution in [0.1, 0.15) is 31.3 Å². The molecule has 124 valence electrons. The van der Waals surface area contributed by atoms with Crippen molar-refractivity contribution >= 4 is 17.3 Å². The summed E-state index contributed by atoms with van der Waals surface area (Å²) in [6.45, 7) is 11.0. The lowest BCUT2D eigenvalue weighted by molar-refractivity contribution is 0.615. The Labute approximate surface area is 143 Å². The smallest absolute Gasteiger partial charge is 0.191 e. The summed E-state index contributed by atoms with van der Waals surface area (Å²) in [6.07, 6.45) is 0. The topological polar surface area (TPSA) is 49.3 Å². The van der Waals surface area contributed by atoms with Gasteiger partial charge in [0.1, 0.15) is 5.01 Å². The maximum atomic E-state index is 4.69. The number of aromatic nitrogens is 1. The summed E-state index contributed by atoms with van der Waals surface area (Å²) in [5.74, 6) is 1.46. The van der Waals surface area contributed by atoms with E-state index in [0.29, 0.717) is 12.5 Å². The zero-order chi connectivity index (χ0) is 16.7. The highest BCUT2D eigenvalue weighted by molar-refractivity contribution is 7.15. The summed E-state index contributed by atoms with van der Waals surface area (Å²) in [4.78, 5) is 10.6. The van der Waals surface area contributed by atoms with Gasteiger partial charge in [0, 0.05) is 23.5 Å². The SMILES string of the molecule is CCNC(=NCc1sc(-c2ccccc2)nc1C)NCC(C)C. The number of aliphatic imine (C=N–C) groups is 1. The van der Waals surface area contributed by atoms with E-state index in [1.165, 1.54) is 10.4 Å². The third kappa shape index (κ3) is 5.36. The molecule has 0 spiro atoms.